The van der Waals surface area contributed by atoms with Gasteiger partial charge in [-0.25, -0.2) is 0 Å². The van der Waals surface area contributed by atoms with E-state index in [1.165, 1.54) is 0 Å². The quantitative estimate of drug-likeness (QED) is 0.747. The molecule has 0 radical (unpaired) electrons. The minimum absolute atomic E-state index is 0.248. The van der Waals surface area contributed by atoms with Crippen LogP contribution in [0, 0.1) is 5.41 Å². The van der Waals surface area contributed by atoms with Crippen molar-refractivity contribution in [3.05, 3.63) is 18.3 Å². The van der Waals surface area contributed by atoms with Crippen LogP contribution in [0.4, 0.5) is 5.82 Å². The first-order valence-electron chi connectivity index (χ1n) is 4.96. The van der Waals surface area contributed by atoms with Gasteiger partial charge in [0, 0.05) is 19.3 Å². The molecular formula is C10H16N4. The van der Waals surface area contributed by atoms with Gasteiger partial charge < -0.3 is 10.6 Å². The van der Waals surface area contributed by atoms with Gasteiger partial charge in [-0.05, 0) is 30.5 Å². The Morgan fingerprint density at radius 2 is 2.50 bits per heavy atom. The summed E-state index contributed by atoms with van der Waals surface area (Å²) in [6.45, 7) is 4.99. The van der Waals surface area contributed by atoms with Gasteiger partial charge in [-0.1, -0.05) is 6.92 Å². The number of hydrogen-bond donors (Lipinski definition) is 1. The fourth-order valence-electron chi connectivity index (χ4n) is 1.85. The molecule has 2 rings (SSSR count). The number of rotatable bonds is 2. The van der Waals surface area contributed by atoms with Crippen molar-refractivity contribution in [2.24, 2.45) is 11.1 Å². The zero-order chi connectivity index (χ0) is 10.0. The maximum atomic E-state index is 5.75. The lowest BCUT2D eigenvalue weighted by Gasteiger charge is -2.22. The zero-order valence-corrected chi connectivity index (χ0v) is 8.48. The molecule has 0 saturated carbocycles. The van der Waals surface area contributed by atoms with E-state index in [-0.39, 0.29) is 5.41 Å². The molecule has 1 aromatic heterocycles. The second kappa shape index (κ2) is 3.53. The summed E-state index contributed by atoms with van der Waals surface area (Å²) in [6, 6.07) is 3.91. The summed E-state index contributed by atoms with van der Waals surface area (Å²) in [5, 5.41) is 7.98. The smallest absolute Gasteiger partial charge is 0.151 e. The molecule has 1 aliphatic rings. The van der Waals surface area contributed by atoms with E-state index >= 15 is 0 Å². The van der Waals surface area contributed by atoms with E-state index in [0.29, 0.717) is 0 Å². The molecule has 1 saturated heterocycles. The van der Waals surface area contributed by atoms with Crippen molar-refractivity contribution in [1.29, 1.82) is 0 Å². The van der Waals surface area contributed by atoms with Crippen LogP contribution in [0.3, 0.4) is 0 Å². The van der Waals surface area contributed by atoms with Gasteiger partial charge >= 0.3 is 0 Å². The van der Waals surface area contributed by atoms with Gasteiger partial charge in [0.05, 0.1) is 0 Å². The maximum absolute atomic E-state index is 5.75. The predicted molar refractivity (Wildman–Crippen MR) is 56.0 cm³/mol. The van der Waals surface area contributed by atoms with Crippen molar-refractivity contribution >= 4 is 5.82 Å². The Balaban J connectivity index is 2.10. The molecule has 1 aromatic rings. The molecule has 0 aromatic carbocycles. The number of aromatic nitrogens is 2. The lowest BCUT2D eigenvalue weighted by Crippen LogP contribution is -2.31. The highest BCUT2D eigenvalue weighted by Crippen LogP contribution is 2.30. The Morgan fingerprint density at radius 1 is 1.64 bits per heavy atom. The predicted octanol–water partition coefficient (Wildman–Crippen LogP) is 0.652. The molecule has 2 heterocycles. The van der Waals surface area contributed by atoms with Gasteiger partial charge in [-0.15, -0.1) is 5.10 Å². The highest BCUT2D eigenvalue weighted by molar-refractivity contribution is 5.38. The first-order chi connectivity index (χ1) is 6.73. The van der Waals surface area contributed by atoms with Crippen LogP contribution in [-0.2, 0) is 0 Å². The summed E-state index contributed by atoms with van der Waals surface area (Å²) in [6.07, 6.45) is 2.84. The molecule has 1 aliphatic heterocycles. The summed E-state index contributed by atoms with van der Waals surface area (Å²) in [4.78, 5) is 2.25. The highest BCUT2D eigenvalue weighted by Gasteiger charge is 2.32. The lowest BCUT2D eigenvalue weighted by molar-refractivity contribution is 0.383. The van der Waals surface area contributed by atoms with Crippen LogP contribution in [0.1, 0.15) is 13.3 Å². The molecular weight excluding hydrogens is 176 g/mol. The third kappa shape index (κ3) is 1.70. The van der Waals surface area contributed by atoms with Crippen LogP contribution in [0.15, 0.2) is 18.3 Å². The molecule has 0 aliphatic carbocycles. The number of nitrogens with two attached hydrogens (primary N) is 1. The molecule has 14 heavy (non-hydrogen) atoms. The summed E-state index contributed by atoms with van der Waals surface area (Å²) in [5.74, 6) is 0.963. The van der Waals surface area contributed by atoms with Gasteiger partial charge in [0.1, 0.15) is 0 Å². The Labute approximate surface area is 84.1 Å². The molecule has 4 heteroatoms. The summed E-state index contributed by atoms with van der Waals surface area (Å²) >= 11 is 0. The van der Waals surface area contributed by atoms with Crippen LogP contribution in [0.2, 0.25) is 0 Å². The largest absolute Gasteiger partial charge is 0.355 e. The van der Waals surface area contributed by atoms with Gasteiger partial charge in [0.2, 0.25) is 0 Å². The molecule has 0 amide bonds. The average Bonchev–Trinajstić information content (AvgIpc) is 2.63. The minimum Gasteiger partial charge on any atom is -0.355 e. The number of hydrogen-bond acceptors (Lipinski definition) is 4. The molecule has 1 fully saturated rings. The Bertz CT molecular complexity index is 300. The van der Waals surface area contributed by atoms with Crippen LogP contribution in [0.25, 0.3) is 0 Å². The summed E-state index contributed by atoms with van der Waals surface area (Å²) in [7, 11) is 0. The van der Waals surface area contributed by atoms with Gasteiger partial charge in [-0.2, -0.15) is 5.10 Å². The van der Waals surface area contributed by atoms with E-state index in [4.69, 9.17) is 5.73 Å². The van der Waals surface area contributed by atoms with Crippen LogP contribution in [-0.4, -0.2) is 29.8 Å². The Morgan fingerprint density at radius 3 is 3.07 bits per heavy atom. The SMILES string of the molecule is CC1(CN)CCN(c2cccnn2)C1. The second-order valence-corrected chi connectivity index (χ2v) is 4.27. The van der Waals surface area contributed by atoms with E-state index in [1.54, 1.807) is 6.20 Å². The Kier molecular flexibility index (Phi) is 2.37. The normalized spacial score (nSPS) is 26.9. The van der Waals surface area contributed by atoms with Crippen molar-refractivity contribution < 1.29 is 0 Å². The molecule has 4 nitrogen and oxygen atoms in total. The maximum Gasteiger partial charge on any atom is 0.151 e. The van der Waals surface area contributed by atoms with E-state index in [2.05, 4.69) is 22.0 Å². The molecule has 76 valence electrons. The molecule has 0 bridgehead atoms. The van der Waals surface area contributed by atoms with E-state index in [0.717, 1.165) is 31.9 Å². The fourth-order valence-corrected chi connectivity index (χ4v) is 1.85. The summed E-state index contributed by atoms with van der Waals surface area (Å²) in [5.41, 5.74) is 5.99. The highest BCUT2D eigenvalue weighted by atomic mass is 15.3. The summed E-state index contributed by atoms with van der Waals surface area (Å²) < 4.78 is 0. The van der Waals surface area contributed by atoms with Crippen molar-refractivity contribution in [3.8, 4) is 0 Å². The third-order valence-electron chi connectivity index (χ3n) is 2.93. The molecule has 0 spiro atoms. The van der Waals surface area contributed by atoms with E-state index < -0.39 is 0 Å². The third-order valence-corrected chi connectivity index (χ3v) is 2.93. The molecule has 1 unspecified atom stereocenters. The van der Waals surface area contributed by atoms with Crippen molar-refractivity contribution in [2.45, 2.75) is 13.3 Å². The van der Waals surface area contributed by atoms with Crippen molar-refractivity contribution in [3.63, 3.8) is 0 Å². The van der Waals surface area contributed by atoms with Crippen LogP contribution < -0.4 is 10.6 Å². The second-order valence-electron chi connectivity index (χ2n) is 4.27. The molecule has 2 N–H and O–H groups in total. The van der Waals surface area contributed by atoms with E-state index in [1.807, 2.05) is 12.1 Å². The van der Waals surface area contributed by atoms with Crippen molar-refractivity contribution in [1.82, 2.24) is 10.2 Å². The first kappa shape index (κ1) is 9.40. The number of anilines is 1. The Hall–Kier alpha value is -1.16. The van der Waals surface area contributed by atoms with Crippen molar-refractivity contribution in [2.75, 3.05) is 24.5 Å². The number of nitrogens with zero attached hydrogens (tertiary/aromatic N) is 3. The first-order valence-corrected chi connectivity index (χ1v) is 4.96. The topological polar surface area (TPSA) is 55.0 Å². The minimum atomic E-state index is 0.248. The van der Waals surface area contributed by atoms with Crippen LogP contribution >= 0.6 is 0 Å². The van der Waals surface area contributed by atoms with Gasteiger partial charge in [-0.3, -0.25) is 0 Å². The monoisotopic (exact) mass is 192 g/mol. The average molecular weight is 192 g/mol. The van der Waals surface area contributed by atoms with Gasteiger partial charge in [0.15, 0.2) is 5.82 Å². The van der Waals surface area contributed by atoms with E-state index in [9.17, 15) is 0 Å². The zero-order valence-electron chi connectivity index (χ0n) is 8.48. The van der Waals surface area contributed by atoms with Gasteiger partial charge in [0.25, 0.3) is 0 Å². The molecule has 1 atom stereocenters. The fraction of sp³-hybridized carbons (Fsp3) is 0.600. The van der Waals surface area contributed by atoms with Crippen LogP contribution in [0.5, 0.6) is 0 Å². The lowest BCUT2D eigenvalue weighted by atomic mass is 9.90. The standard InChI is InChI=1S/C10H16N4/c1-10(7-11)4-6-14(8-10)9-3-2-5-12-13-9/h2-3,5H,4,6-8,11H2,1H3.